The van der Waals surface area contributed by atoms with E-state index < -0.39 is 5.41 Å². The molecule has 7 nitrogen and oxygen atoms in total. The molecule has 0 atom stereocenters. The molecule has 5 rings (SSSR count). The third kappa shape index (κ3) is 3.86. The molecule has 3 heterocycles. The van der Waals surface area contributed by atoms with Crippen molar-refractivity contribution in [3.8, 4) is 5.82 Å². The number of halogens is 1. The number of amides is 1. The van der Waals surface area contributed by atoms with Gasteiger partial charge >= 0.3 is 0 Å². The molecule has 2 aliphatic rings. The van der Waals surface area contributed by atoms with Crippen LogP contribution < -0.4 is 4.90 Å². The third-order valence-corrected chi connectivity index (χ3v) is 6.99. The molecule has 1 saturated carbocycles. The predicted octanol–water partition coefficient (Wildman–Crippen LogP) is 3.78. The fourth-order valence-electron chi connectivity index (χ4n) is 5.04. The van der Waals surface area contributed by atoms with E-state index in [-0.39, 0.29) is 5.91 Å². The number of carbonyl (C=O) groups excluding carboxylic acids is 1. The van der Waals surface area contributed by atoms with Gasteiger partial charge in [-0.25, -0.2) is 15.0 Å². The molecule has 0 spiro atoms. The standard InChI is InChI=1S/C24H27ClN6O/c1-18-27-21(16-22(28-18)31-11-10-26-17-31)29-12-14-30(15-13-29)23(32)24(8-2-3-9-24)19-4-6-20(25)7-5-19/h4-7,10-11,16-17H,2-3,8-9,12-15H2,1H3. The molecule has 0 unspecified atom stereocenters. The first-order chi connectivity index (χ1) is 15.5. The van der Waals surface area contributed by atoms with Gasteiger partial charge in [0.15, 0.2) is 0 Å². The Morgan fingerprint density at radius 3 is 2.34 bits per heavy atom. The van der Waals surface area contributed by atoms with Crippen molar-refractivity contribution in [3.63, 3.8) is 0 Å². The molecule has 166 valence electrons. The number of aryl methyl sites for hydroxylation is 1. The van der Waals surface area contributed by atoms with Crippen molar-refractivity contribution in [3.05, 3.63) is 65.5 Å². The van der Waals surface area contributed by atoms with Gasteiger partial charge in [0.25, 0.3) is 0 Å². The summed E-state index contributed by atoms with van der Waals surface area (Å²) in [4.78, 5) is 31.3. The molecule has 0 N–H and O–H groups in total. The Kier molecular flexibility index (Phi) is 5.59. The number of aromatic nitrogens is 4. The molecular formula is C24H27ClN6O. The third-order valence-electron chi connectivity index (χ3n) is 6.73. The molecule has 1 amide bonds. The monoisotopic (exact) mass is 450 g/mol. The Bertz CT molecular complexity index is 1080. The largest absolute Gasteiger partial charge is 0.353 e. The van der Waals surface area contributed by atoms with Gasteiger partial charge in [0.05, 0.1) is 5.41 Å². The maximum absolute atomic E-state index is 13.8. The summed E-state index contributed by atoms with van der Waals surface area (Å²) in [7, 11) is 0. The molecule has 1 aliphatic heterocycles. The first kappa shape index (κ1) is 20.9. The van der Waals surface area contributed by atoms with Crippen LogP contribution in [-0.4, -0.2) is 56.5 Å². The summed E-state index contributed by atoms with van der Waals surface area (Å²) < 4.78 is 1.88. The van der Waals surface area contributed by atoms with Crippen LogP contribution in [0.15, 0.2) is 49.1 Å². The molecule has 1 aromatic carbocycles. The van der Waals surface area contributed by atoms with Crippen LogP contribution in [0.5, 0.6) is 0 Å². The lowest BCUT2D eigenvalue weighted by Crippen LogP contribution is -2.54. The van der Waals surface area contributed by atoms with Gasteiger partial charge in [0, 0.05) is 49.7 Å². The van der Waals surface area contributed by atoms with Gasteiger partial charge in [-0.1, -0.05) is 36.6 Å². The minimum atomic E-state index is -0.410. The molecule has 0 radical (unpaired) electrons. The van der Waals surface area contributed by atoms with E-state index in [1.807, 2.05) is 52.9 Å². The summed E-state index contributed by atoms with van der Waals surface area (Å²) >= 11 is 6.10. The summed E-state index contributed by atoms with van der Waals surface area (Å²) in [5.41, 5.74) is 0.690. The number of imidazole rings is 1. The Morgan fingerprint density at radius 2 is 1.69 bits per heavy atom. The van der Waals surface area contributed by atoms with Crippen molar-refractivity contribution >= 4 is 23.3 Å². The average molecular weight is 451 g/mol. The van der Waals surface area contributed by atoms with Crippen LogP contribution in [0.3, 0.4) is 0 Å². The molecular weight excluding hydrogens is 424 g/mol. The lowest BCUT2D eigenvalue weighted by molar-refractivity contribution is -0.137. The van der Waals surface area contributed by atoms with E-state index in [1.165, 1.54) is 0 Å². The SMILES string of the molecule is Cc1nc(N2CCN(C(=O)C3(c4ccc(Cl)cc4)CCCC3)CC2)cc(-n2ccnc2)n1. The summed E-state index contributed by atoms with van der Waals surface area (Å²) in [5, 5.41) is 0.707. The van der Waals surface area contributed by atoms with Gasteiger partial charge in [-0.2, -0.15) is 0 Å². The second kappa shape index (κ2) is 8.54. The van der Waals surface area contributed by atoms with Gasteiger partial charge in [0.2, 0.25) is 5.91 Å². The predicted molar refractivity (Wildman–Crippen MR) is 124 cm³/mol. The lowest BCUT2D eigenvalue weighted by Gasteiger charge is -2.40. The fourth-order valence-corrected chi connectivity index (χ4v) is 5.17. The molecule has 1 saturated heterocycles. The Morgan fingerprint density at radius 1 is 1.00 bits per heavy atom. The molecule has 2 fully saturated rings. The van der Waals surface area contributed by atoms with Crippen LogP contribution in [0.4, 0.5) is 5.82 Å². The van der Waals surface area contributed by atoms with Crippen LogP contribution in [0, 0.1) is 6.92 Å². The van der Waals surface area contributed by atoms with Crippen molar-refractivity contribution in [2.24, 2.45) is 0 Å². The highest BCUT2D eigenvalue weighted by Crippen LogP contribution is 2.43. The van der Waals surface area contributed by atoms with E-state index in [2.05, 4.69) is 19.9 Å². The quantitative estimate of drug-likeness (QED) is 0.605. The zero-order valence-corrected chi connectivity index (χ0v) is 19.0. The van der Waals surface area contributed by atoms with Gasteiger partial charge in [-0.15, -0.1) is 0 Å². The molecule has 0 bridgehead atoms. The number of piperazine rings is 1. The topological polar surface area (TPSA) is 67.2 Å². The van der Waals surface area contributed by atoms with Crippen LogP contribution in [0.25, 0.3) is 5.82 Å². The van der Waals surface area contributed by atoms with Crippen molar-refractivity contribution in [2.45, 2.75) is 38.0 Å². The van der Waals surface area contributed by atoms with E-state index in [1.54, 1.807) is 12.5 Å². The highest BCUT2D eigenvalue weighted by atomic mass is 35.5. The molecule has 3 aromatic rings. The summed E-state index contributed by atoms with van der Waals surface area (Å²) in [6, 6.07) is 9.85. The van der Waals surface area contributed by atoms with Crippen molar-refractivity contribution in [1.29, 1.82) is 0 Å². The minimum absolute atomic E-state index is 0.259. The van der Waals surface area contributed by atoms with Crippen molar-refractivity contribution in [1.82, 2.24) is 24.4 Å². The number of carbonyl (C=O) groups is 1. The Hall–Kier alpha value is -2.93. The Balaban J connectivity index is 1.32. The Labute approximate surface area is 193 Å². The van der Waals surface area contributed by atoms with E-state index >= 15 is 0 Å². The van der Waals surface area contributed by atoms with E-state index in [0.717, 1.165) is 61.8 Å². The fraction of sp³-hybridized carbons (Fsp3) is 0.417. The highest BCUT2D eigenvalue weighted by molar-refractivity contribution is 6.30. The number of hydrogen-bond donors (Lipinski definition) is 0. The van der Waals surface area contributed by atoms with Gasteiger partial charge < -0.3 is 9.80 Å². The van der Waals surface area contributed by atoms with Gasteiger partial charge in [0.1, 0.15) is 23.8 Å². The van der Waals surface area contributed by atoms with E-state index in [4.69, 9.17) is 11.6 Å². The molecule has 1 aliphatic carbocycles. The smallest absolute Gasteiger partial charge is 0.233 e. The van der Waals surface area contributed by atoms with Gasteiger partial charge in [-0.05, 0) is 37.5 Å². The number of anilines is 1. The maximum atomic E-state index is 13.8. The lowest BCUT2D eigenvalue weighted by atomic mass is 9.77. The van der Waals surface area contributed by atoms with Crippen LogP contribution in [0.2, 0.25) is 5.02 Å². The van der Waals surface area contributed by atoms with Crippen LogP contribution in [-0.2, 0) is 10.2 Å². The minimum Gasteiger partial charge on any atom is -0.353 e. The van der Waals surface area contributed by atoms with E-state index in [0.29, 0.717) is 18.1 Å². The number of benzene rings is 1. The highest BCUT2D eigenvalue weighted by Gasteiger charge is 2.45. The van der Waals surface area contributed by atoms with Crippen molar-refractivity contribution in [2.75, 3.05) is 31.1 Å². The molecule has 2 aromatic heterocycles. The summed E-state index contributed by atoms with van der Waals surface area (Å²) in [5.74, 6) is 2.67. The van der Waals surface area contributed by atoms with Crippen LogP contribution >= 0.6 is 11.6 Å². The van der Waals surface area contributed by atoms with Gasteiger partial charge in [-0.3, -0.25) is 9.36 Å². The summed E-state index contributed by atoms with van der Waals surface area (Å²) in [6.45, 7) is 4.79. The number of nitrogens with zero attached hydrogens (tertiary/aromatic N) is 6. The average Bonchev–Trinajstić information content (AvgIpc) is 3.52. The zero-order chi connectivity index (χ0) is 22.1. The second-order valence-electron chi connectivity index (χ2n) is 8.68. The number of rotatable bonds is 4. The zero-order valence-electron chi connectivity index (χ0n) is 18.2. The first-order valence-electron chi connectivity index (χ1n) is 11.2. The van der Waals surface area contributed by atoms with E-state index in [9.17, 15) is 4.79 Å². The van der Waals surface area contributed by atoms with Crippen molar-refractivity contribution < 1.29 is 4.79 Å². The maximum Gasteiger partial charge on any atom is 0.233 e. The molecule has 8 heteroatoms. The summed E-state index contributed by atoms with van der Waals surface area (Å²) in [6.07, 6.45) is 9.35. The first-order valence-corrected chi connectivity index (χ1v) is 11.6. The van der Waals surface area contributed by atoms with Crippen LogP contribution in [0.1, 0.15) is 37.1 Å². The second-order valence-corrected chi connectivity index (χ2v) is 9.11. The molecule has 32 heavy (non-hydrogen) atoms. The normalized spacial score (nSPS) is 18.2. The number of hydrogen-bond acceptors (Lipinski definition) is 5.